The predicted molar refractivity (Wildman–Crippen MR) is 119 cm³/mol. The summed E-state index contributed by atoms with van der Waals surface area (Å²) in [7, 11) is 4.76. The maximum atomic E-state index is 12.7. The van der Waals surface area contributed by atoms with Crippen molar-refractivity contribution in [1.29, 1.82) is 0 Å². The number of hydrogen-bond acceptors (Lipinski definition) is 6. The van der Waals surface area contributed by atoms with E-state index in [1.807, 2.05) is 25.1 Å². The van der Waals surface area contributed by atoms with Crippen LogP contribution in [0.1, 0.15) is 36.9 Å². The topological polar surface area (TPSA) is 69.3 Å². The van der Waals surface area contributed by atoms with Crippen molar-refractivity contribution in [2.45, 2.75) is 32.4 Å². The van der Waals surface area contributed by atoms with Crippen molar-refractivity contribution in [2.24, 2.45) is 0 Å². The lowest BCUT2D eigenvalue weighted by atomic mass is 10.0. The molecule has 2 aromatic carbocycles. The van der Waals surface area contributed by atoms with Crippen LogP contribution in [-0.2, 0) is 11.3 Å². The van der Waals surface area contributed by atoms with Gasteiger partial charge in [0, 0.05) is 24.2 Å². The maximum Gasteiger partial charge on any atom is 0.234 e. The zero-order valence-electron chi connectivity index (χ0n) is 18.8. The highest BCUT2D eigenvalue weighted by molar-refractivity contribution is 5.78. The summed E-state index contributed by atoms with van der Waals surface area (Å²) in [6.07, 6.45) is 2.12. The van der Waals surface area contributed by atoms with Gasteiger partial charge >= 0.3 is 0 Å². The Morgan fingerprint density at radius 1 is 1.03 bits per heavy atom. The number of carbonyl (C=O) groups is 1. The highest BCUT2D eigenvalue weighted by Gasteiger charge is 2.27. The molecule has 1 fully saturated rings. The van der Waals surface area contributed by atoms with E-state index in [1.54, 1.807) is 27.4 Å². The van der Waals surface area contributed by atoms with Crippen molar-refractivity contribution < 1.29 is 23.7 Å². The lowest BCUT2D eigenvalue weighted by molar-refractivity contribution is -0.122. The molecule has 1 aliphatic rings. The molecule has 1 aliphatic heterocycles. The van der Waals surface area contributed by atoms with E-state index in [0.29, 0.717) is 36.9 Å². The number of carbonyl (C=O) groups excluding carboxylic acids is 1. The van der Waals surface area contributed by atoms with Crippen molar-refractivity contribution in [3.63, 3.8) is 0 Å². The van der Waals surface area contributed by atoms with Crippen LogP contribution in [0.5, 0.6) is 23.0 Å². The lowest BCUT2D eigenvalue weighted by Crippen LogP contribution is -2.36. The number of amides is 1. The highest BCUT2D eigenvalue weighted by atomic mass is 16.5. The molecular formula is C24H32N2O5. The molecule has 31 heavy (non-hydrogen) atoms. The molecule has 1 heterocycles. The summed E-state index contributed by atoms with van der Waals surface area (Å²) in [6.45, 7) is 4.24. The van der Waals surface area contributed by atoms with Crippen molar-refractivity contribution in [3.05, 3.63) is 47.5 Å². The summed E-state index contributed by atoms with van der Waals surface area (Å²) in [6, 6.07) is 12.0. The lowest BCUT2D eigenvalue weighted by Gasteiger charge is -2.24. The zero-order chi connectivity index (χ0) is 22.2. The molecule has 1 unspecified atom stereocenters. The highest BCUT2D eigenvalue weighted by Crippen LogP contribution is 2.35. The number of rotatable bonds is 10. The Morgan fingerprint density at radius 3 is 2.35 bits per heavy atom. The summed E-state index contributed by atoms with van der Waals surface area (Å²) in [4.78, 5) is 14.9. The summed E-state index contributed by atoms with van der Waals surface area (Å²) in [5, 5.41) is 3.01. The van der Waals surface area contributed by atoms with Gasteiger partial charge in [-0.1, -0.05) is 12.1 Å². The third-order valence-electron chi connectivity index (χ3n) is 5.55. The summed E-state index contributed by atoms with van der Waals surface area (Å²) in [5.41, 5.74) is 2.05. The van der Waals surface area contributed by atoms with Gasteiger partial charge in [-0.2, -0.15) is 0 Å². The fraction of sp³-hybridized carbons (Fsp3) is 0.458. The first-order valence-electron chi connectivity index (χ1n) is 10.6. The average molecular weight is 429 g/mol. The largest absolute Gasteiger partial charge is 0.496 e. The SMILES string of the molecule is CCOc1ccc(C2CCCN2CC(=O)NCc2cc(OC)c(OC)cc2OC)cc1. The van der Waals surface area contributed by atoms with E-state index in [2.05, 4.69) is 22.3 Å². The molecule has 7 nitrogen and oxygen atoms in total. The minimum atomic E-state index is -0.0188. The Balaban J connectivity index is 1.61. The number of nitrogens with zero attached hydrogens (tertiary/aromatic N) is 1. The molecule has 168 valence electrons. The molecule has 0 saturated carbocycles. The first-order chi connectivity index (χ1) is 15.1. The monoisotopic (exact) mass is 428 g/mol. The second kappa shape index (κ2) is 10.9. The normalized spacial score (nSPS) is 16.1. The summed E-state index contributed by atoms with van der Waals surface area (Å²) >= 11 is 0. The molecule has 3 rings (SSSR count). The molecule has 1 saturated heterocycles. The number of hydrogen-bond donors (Lipinski definition) is 1. The van der Waals surface area contributed by atoms with Gasteiger partial charge in [0.1, 0.15) is 11.5 Å². The molecule has 1 atom stereocenters. The van der Waals surface area contributed by atoms with E-state index in [-0.39, 0.29) is 11.9 Å². The molecule has 2 aromatic rings. The minimum absolute atomic E-state index is 0.0188. The number of ether oxygens (including phenoxy) is 4. The molecular weight excluding hydrogens is 396 g/mol. The first kappa shape index (κ1) is 22.7. The van der Waals surface area contributed by atoms with Gasteiger partial charge in [-0.3, -0.25) is 9.69 Å². The van der Waals surface area contributed by atoms with Crippen LogP contribution in [-0.4, -0.2) is 51.8 Å². The van der Waals surface area contributed by atoms with Crippen LogP contribution in [0.25, 0.3) is 0 Å². The van der Waals surface area contributed by atoms with E-state index in [1.165, 1.54) is 5.56 Å². The Bertz CT molecular complexity index is 869. The molecule has 7 heteroatoms. The Labute approximate surface area is 184 Å². The van der Waals surface area contributed by atoms with Gasteiger partial charge in [-0.05, 0) is 50.1 Å². The fourth-order valence-electron chi connectivity index (χ4n) is 4.01. The first-order valence-corrected chi connectivity index (χ1v) is 10.6. The number of nitrogens with one attached hydrogen (secondary N) is 1. The number of likely N-dealkylation sites (tertiary alicyclic amines) is 1. The fourth-order valence-corrected chi connectivity index (χ4v) is 4.01. The number of benzene rings is 2. The second-order valence-corrected chi connectivity index (χ2v) is 7.43. The van der Waals surface area contributed by atoms with E-state index in [9.17, 15) is 4.79 Å². The van der Waals surface area contributed by atoms with Crippen LogP contribution in [0, 0.1) is 0 Å². The predicted octanol–water partition coefficient (Wildman–Crippen LogP) is 3.56. The molecule has 0 bridgehead atoms. The van der Waals surface area contributed by atoms with Gasteiger partial charge in [0.2, 0.25) is 5.91 Å². The number of methoxy groups -OCH3 is 3. The van der Waals surface area contributed by atoms with E-state index >= 15 is 0 Å². The van der Waals surface area contributed by atoms with Crippen molar-refractivity contribution in [1.82, 2.24) is 10.2 Å². The van der Waals surface area contributed by atoms with Crippen LogP contribution in [0.15, 0.2) is 36.4 Å². The maximum absolute atomic E-state index is 12.7. The van der Waals surface area contributed by atoms with Gasteiger partial charge in [-0.25, -0.2) is 0 Å². The Hall–Kier alpha value is -2.93. The summed E-state index contributed by atoms with van der Waals surface area (Å²) < 4.78 is 21.7. The van der Waals surface area contributed by atoms with Gasteiger partial charge < -0.3 is 24.3 Å². The quantitative estimate of drug-likeness (QED) is 0.624. The van der Waals surface area contributed by atoms with Crippen LogP contribution >= 0.6 is 0 Å². The zero-order valence-corrected chi connectivity index (χ0v) is 18.8. The van der Waals surface area contributed by atoms with Gasteiger partial charge in [-0.15, -0.1) is 0 Å². The molecule has 0 radical (unpaired) electrons. The van der Waals surface area contributed by atoms with Crippen molar-refractivity contribution in [2.75, 3.05) is 41.0 Å². The second-order valence-electron chi connectivity index (χ2n) is 7.43. The third-order valence-corrected chi connectivity index (χ3v) is 5.55. The molecule has 0 aromatic heterocycles. The van der Waals surface area contributed by atoms with Gasteiger partial charge in [0.05, 0.1) is 34.5 Å². The molecule has 1 amide bonds. The standard InChI is InChI=1S/C24H32N2O5/c1-5-31-19-10-8-17(9-11-19)20-7-6-12-26(20)16-24(27)25-15-18-13-22(29-3)23(30-4)14-21(18)28-2/h8-11,13-14,20H,5-7,12,15-16H2,1-4H3,(H,25,27). The van der Waals surface area contributed by atoms with E-state index < -0.39 is 0 Å². The van der Waals surface area contributed by atoms with E-state index in [4.69, 9.17) is 18.9 Å². The summed E-state index contributed by atoms with van der Waals surface area (Å²) in [5.74, 6) is 2.69. The van der Waals surface area contributed by atoms with Crippen LogP contribution in [0.3, 0.4) is 0 Å². The van der Waals surface area contributed by atoms with E-state index in [0.717, 1.165) is 30.7 Å². The minimum Gasteiger partial charge on any atom is -0.496 e. The molecule has 0 spiro atoms. The van der Waals surface area contributed by atoms with Crippen molar-refractivity contribution in [3.8, 4) is 23.0 Å². The van der Waals surface area contributed by atoms with Crippen LogP contribution < -0.4 is 24.3 Å². The average Bonchev–Trinajstić information content (AvgIpc) is 3.25. The Morgan fingerprint density at radius 2 is 1.71 bits per heavy atom. The van der Waals surface area contributed by atoms with Crippen LogP contribution in [0.4, 0.5) is 0 Å². The smallest absolute Gasteiger partial charge is 0.234 e. The molecule has 1 N–H and O–H groups in total. The van der Waals surface area contributed by atoms with Gasteiger partial charge in [0.15, 0.2) is 11.5 Å². The van der Waals surface area contributed by atoms with Crippen molar-refractivity contribution >= 4 is 5.91 Å². The third kappa shape index (κ3) is 5.61. The van der Waals surface area contributed by atoms with Crippen LogP contribution in [0.2, 0.25) is 0 Å². The Kier molecular flexibility index (Phi) is 8.00. The van der Waals surface area contributed by atoms with Gasteiger partial charge in [0.25, 0.3) is 0 Å². The molecule has 0 aliphatic carbocycles.